The average molecular weight is 330 g/mol. The van der Waals surface area contributed by atoms with Gasteiger partial charge in [-0.15, -0.1) is 0 Å². The fourth-order valence-electron chi connectivity index (χ4n) is 1.82. The van der Waals surface area contributed by atoms with Crippen molar-refractivity contribution in [3.8, 4) is 5.75 Å². The van der Waals surface area contributed by atoms with Gasteiger partial charge in [0, 0.05) is 0 Å². The Morgan fingerprint density at radius 2 is 1.86 bits per heavy atom. The molecule has 0 spiro atoms. The number of amides is 1. The van der Waals surface area contributed by atoms with Gasteiger partial charge in [0.05, 0.1) is 21.8 Å². The number of halogens is 4. The smallest absolute Gasteiger partial charge is 0.416 e. The number of anilines is 1. The van der Waals surface area contributed by atoms with E-state index in [1.54, 1.807) is 13.0 Å². The Kier molecular flexibility index (Phi) is 4.32. The number of nitrogens with one attached hydrogen (secondary N) is 1. The largest absolute Gasteiger partial charge is 0.507 e. The number of carbonyl (C=O) groups is 1. The number of aryl methyl sites for hydroxylation is 1. The highest BCUT2D eigenvalue weighted by atomic mass is 35.5. The molecule has 22 heavy (non-hydrogen) atoms. The Balaban J connectivity index is 2.34. The molecule has 0 aromatic heterocycles. The van der Waals surface area contributed by atoms with Crippen LogP contribution in [0, 0.1) is 6.92 Å². The number of aromatic hydroxyl groups is 1. The van der Waals surface area contributed by atoms with E-state index >= 15 is 0 Å². The summed E-state index contributed by atoms with van der Waals surface area (Å²) in [5.41, 5.74) is -0.436. The summed E-state index contributed by atoms with van der Waals surface area (Å²) >= 11 is 5.80. The van der Waals surface area contributed by atoms with Crippen LogP contribution in [0.3, 0.4) is 0 Å². The van der Waals surface area contributed by atoms with E-state index in [-0.39, 0.29) is 22.0 Å². The molecule has 0 saturated carbocycles. The fraction of sp³-hybridized carbons (Fsp3) is 0.133. The van der Waals surface area contributed by atoms with Gasteiger partial charge in [0.25, 0.3) is 5.91 Å². The van der Waals surface area contributed by atoms with Crippen molar-refractivity contribution in [1.82, 2.24) is 0 Å². The Labute approximate surface area is 129 Å². The first-order valence-corrected chi connectivity index (χ1v) is 6.54. The zero-order valence-corrected chi connectivity index (χ0v) is 12.1. The summed E-state index contributed by atoms with van der Waals surface area (Å²) in [6.45, 7) is 1.72. The molecule has 2 aromatic rings. The molecule has 0 radical (unpaired) electrons. The molecule has 116 valence electrons. The summed E-state index contributed by atoms with van der Waals surface area (Å²) in [5, 5.41) is 11.9. The average Bonchev–Trinajstić information content (AvgIpc) is 2.42. The predicted molar refractivity (Wildman–Crippen MR) is 77.3 cm³/mol. The zero-order chi connectivity index (χ0) is 16.5. The van der Waals surface area contributed by atoms with Gasteiger partial charge in [-0.25, -0.2) is 0 Å². The Hall–Kier alpha value is -2.21. The van der Waals surface area contributed by atoms with Gasteiger partial charge < -0.3 is 10.4 Å². The summed E-state index contributed by atoms with van der Waals surface area (Å²) in [7, 11) is 0. The Bertz CT molecular complexity index is 729. The number of phenolic OH excluding ortho intramolecular Hbond substituents is 1. The van der Waals surface area contributed by atoms with Crippen molar-refractivity contribution in [3.63, 3.8) is 0 Å². The molecule has 0 fully saturated rings. The van der Waals surface area contributed by atoms with Crippen LogP contribution < -0.4 is 5.32 Å². The van der Waals surface area contributed by atoms with Crippen molar-refractivity contribution >= 4 is 23.2 Å². The molecule has 2 rings (SSSR count). The predicted octanol–water partition coefficient (Wildman–Crippen LogP) is 4.63. The molecule has 2 N–H and O–H groups in total. The summed E-state index contributed by atoms with van der Waals surface area (Å²) in [6, 6.07) is 6.97. The molecule has 3 nitrogen and oxygen atoms in total. The van der Waals surface area contributed by atoms with E-state index in [0.29, 0.717) is 0 Å². The first-order chi connectivity index (χ1) is 10.2. The van der Waals surface area contributed by atoms with Crippen LogP contribution in [0.2, 0.25) is 5.02 Å². The number of hydrogen-bond donors (Lipinski definition) is 2. The highest BCUT2D eigenvalue weighted by molar-refractivity contribution is 6.34. The molecule has 0 atom stereocenters. The minimum absolute atomic E-state index is 0.0338. The van der Waals surface area contributed by atoms with Crippen molar-refractivity contribution in [2.45, 2.75) is 13.1 Å². The van der Waals surface area contributed by atoms with Crippen LogP contribution >= 0.6 is 11.6 Å². The minimum atomic E-state index is -4.55. The van der Waals surface area contributed by atoms with Gasteiger partial charge in [-0.3, -0.25) is 4.79 Å². The quantitative estimate of drug-likeness (QED) is 0.844. The van der Waals surface area contributed by atoms with Gasteiger partial charge in [0.1, 0.15) is 5.75 Å². The lowest BCUT2D eigenvalue weighted by Gasteiger charge is -2.12. The monoisotopic (exact) mass is 329 g/mol. The highest BCUT2D eigenvalue weighted by Gasteiger charge is 2.31. The van der Waals surface area contributed by atoms with Crippen LogP contribution in [-0.4, -0.2) is 11.0 Å². The van der Waals surface area contributed by atoms with Gasteiger partial charge in [0.15, 0.2) is 0 Å². The van der Waals surface area contributed by atoms with Crippen molar-refractivity contribution in [1.29, 1.82) is 0 Å². The SMILES string of the molecule is Cc1ccc(O)c(C(=O)Nc2cc(C(F)(F)F)ccc2Cl)c1. The molecule has 1 amide bonds. The van der Waals surface area contributed by atoms with Crippen molar-refractivity contribution in [3.05, 3.63) is 58.1 Å². The van der Waals surface area contributed by atoms with Crippen molar-refractivity contribution in [2.24, 2.45) is 0 Å². The molecular formula is C15H11ClF3NO2. The minimum Gasteiger partial charge on any atom is -0.507 e. The van der Waals surface area contributed by atoms with Gasteiger partial charge >= 0.3 is 6.18 Å². The number of benzene rings is 2. The highest BCUT2D eigenvalue weighted by Crippen LogP contribution is 2.34. The first-order valence-electron chi connectivity index (χ1n) is 6.16. The van der Waals surface area contributed by atoms with Crippen LogP contribution in [-0.2, 0) is 6.18 Å². The second-order valence-corrected chi connectivity index (χ2v) is 5.07. The van der Waals surface area contributed by atoms with E-state index < -0.39 is 17.6 Å². The first kappa shape index (κ1) is 16.2. The fourth-order valence-corrected chi connectivity index (χ4v) is 1.98. The zero-order valence-electron chi connectivity index (χ0n) is 11.3. The lowest BCUT2D eigenvalue weighted by atomic mass is 10.1. The van der Waals surface area contributed by atoms with Crippen LogP contribution in [0.15, 0.2) is 36.4 Å². The van der Waals surface area contributed by atoms with E-state index in [4.69, 9.17) is 11.6 Å². The standard InChI is InChI=1S/C15H11ClF3NO2/c1-8-2-5-13(21)10(6-8)14(22)20-12-7-9(15(17,18)19)3-4-11(12)16/h2-7,21H,1H3,(H,20,22). The normalized spacial score (nSPS) is 11.3. The van der Waals surface area contributed by atoms with Gasteiger partial charge in [-0.1, -0.05) is 23.2 Å². The lowest BCUT2D eigenvalue weighted by Crippen LogP contribution is -2.14. The van der Waals surface area contributed by atoms with E-state index in [1.807, 2.05) is 0 Å². The van der Waals surface area contributed by atoms with E-state index in [2.05, 4.69) is 5.32 Å². The number of hydrogen-bond acceptors (Lipinski definition) is 2. The van der Waals surface area contributed by atoms with E-state index in [0.717, 1.165) is 23.8 Å². The summed E-state index contributed by atoms with van der Waals surface area (Å²) in [6.07, 6.45) is -4.55. The molecule has 2 aromatic carbocycles. The number of phenols is 1. The maximum atomic E-state index is 12.7. The molecule has 0 heterocycles. The Morgan fingerprint density at radius 3 is 2.50 bits per heavy atom. The Morgan fingerprint density at radius 1 is 1.18 bits per heavy atom. The van der Waals surface area contributed by atoms with Crippen molar-refractivity contribution in [2.75, 3.05) is 5.32 Å². The summed E-state index contributed by atoms with van der Waals surface area (Å²) < 4.78 is 38.0. The van der Waals surface area contributed by atoms with Gasteiger partial charge in [-0.2, -0.15) is 13.2 Å². The third-order valence-corrected chi connectivity index (χ3v) is 3.27. The van der Waals surface area contributed by atoms with Crippen LogP contribution in [0.25, 0.3) is 0 Å². The third-order valence-electron chi connectivity index (χ3n) is 2.94. The van der Waals surface area contributed by atoms with Crippen LogP contribution in [0.4, 0.5) is 18.9 Å². The topological polar surface area (TPSA) is 49.3 Å². The number of carbonyl (C=O) groups excluding carboxylic acids is 1. The van der Waals surface area contributed by atoms with Gasteiger partial charge in [-0.05, 0) is 37.3 Å². The maximum absolute atomic E-state index is 12.7. The molecule has 0 aliphatic carbocycles. The van der Waals surface area contributed by atoms with Crippen LogP contribution in [0.1, 0.15) is 21.5 Å². The molecule has 0 aliphatic rings. The molecule has 0 unspecified atom stereocenters. The molecule has 0 aliphatic heterocycles. The molecular weight excluding hydrogens is 319 g/mol. The lowest BCUT2D eigenvalue weighted by molar-refractivity contribution is -0.137. The van der Waals surface area contributed by atoms with Gasteiger partial charge in [0.2, 0.25) is 0 Å². The molecule has 0 bridgehead atoms. The summed E-state index contributed by atoms with van der Waals surface area (Å²) in [4.78, 5) is 12.1. The second kappa shape index (κ2) is 5.88. The summed E-state index contributed by atoms with van der Waals surface area (Å²) in [5.74, 6) is -1.02. The second-order valence-electron chi connectivity index (χ2n) is 4.67. The molecule has 7 heteroatoms. The van der Waals surface area contributed by atoms with E-state index in [1.165, 1.54) is 12.1 Å². The third kappa shape index (κ3) is 3.51. The maximum Gasteiger partial charge on any atom is 0.416 e. The van der Waals surface area contributed by atoms with Crippen LogP contribution in [0.5, 0.6) is 5.75 Å². The number of alkyl halides is 3. The molecule has 0 saturated heterocycles. The van der Waals surface area contributed by atoms with E-state index in [9.17, 15) is 23.1 Å². The number of rotatable bonds is 2. The van der Waals surface area contributed by atoms with Crippen molar-refractivity contribution < 1.29 is 23.1 Å².